The van der Waals surface area contributed by atoms with Crippen LogP contribution >= 0.6 is 0 Å². The highest BCUT2D eigenvalue weighted by Gasteiger charge is 2.61. The summed E-state index contributed by atoms with van der Waals surface area (Å²) >= 11 is 0. The van der Waals surface area contributed by atoms with E-state index in [0.717, 1.165) is 9.87 Å². The number of fused-ring (bicyclic) bond motifs is 2. The van der Waals surface area contributed by atoms with Gasteiger partial charge in [-0.25, -0.2) is 21.1 Å². The Balaban J connectivity index is 1.88. The Hall–Kier alpha value is -2.49. The summed E-state index contributed by atoms with van der Waals surface area (Å²) in [5, 5.41) is 0. The van der Waals surface area contributed by atoms with Crippen LogP contribution < -0.4 is 4.72 Å². The van der Waals surface area contributed by atoms with Crippen molar-refractivity contribution in [3.63, 3.8) is 0 Å². The molecule has 0 aliphatic carbocycles. The lowest BCUT2D eigenvalue weighted by atomic mass is 9.88. The van der Waals surface area contributed by atoms with E-state index in [1.165, 1.54) is 30.3 Å². The first-order chi connectivity index (χ1) is 13.1. The van der Waals surface area contributed by atoms with Gasteiger partial charge in [0.1, 0.15) is 5.54 Å². The smallest absolute Gasteiger partial charge is 0.267 e. The summed E-state index contributed by atoms with van der Waals surface area (Å²) in [4.78, 5) is 13.4. The van der Waals surface area contributed by atoms with Gasteiger partial charge >= 0.3 is 0 Å². The zero-order valence-corrected chi connectivity index (χ0v) is 16.6. The molecule has 2 aromatic rings. The Kier molecular flexibility index (Phi) is 4.04. The molecule has 1 spiro atoms. The molecule has 1 amide bonds. The summed E-state index contributed by atoms with van der Waals surface area (Å²) < 4.78 is 54.7. The van der Waals surface area contributed by atoms with Crippen molar-refractivity contribution in [2.75, 3.05) is 0 Å². The zero-order valence-electron chi connectivity index (χ0n) is 15.0. The third kappa shape index (κ3) is 2.47. The predicted molar refractivity (Wildman–Crippen MR) is 102 cm³/mol. The van der Waals surface area contributed by atoms with Crippen molar-refractivity contribution in [3.8, 4) is 0 Å². The number of benzene rings is 2. The zero-order chi connectivity index (χ0) is 20.3. The van der Waals surface area contributed by atoms with E-state index in [1.54, 1.807) is 24.3 Å². The maximum atomic E-state index is 13.4. The lowest BCUT2D eigenvalue weighted by molar-refractivity contribution is -0.129. The van der Waals surface area contributed by atoms with Crippen LogP contribution in [0.5, 0.6) is 0 Å². The third-order valence-corrected chi connectivity index (χ3v) is 8.55. The molecule has 28 heavy (non-hydrogen) atoms. The van der Waals surface area contributed by atoms with Gasteiger partial charge in [0.05, 0.1) is 15.8 Å². The number of sulfonamides is 2. The normalized spacial score (nSPS) is 25.8. The quantitative estimate of drug-likeness (QED) is 0.764. The van der Waals surface area contributed by atoms with Crippen LogP contribution in [-0.2, 0) is 30.4 Å². The number of nitrogens with zero attached hydrogens (tertiary/aromatic N) is 1. The number of carbonyl (C=O) groups is 1. The number of hydrogen-bond acceptors (Lipinski definition) is 5. The summed E-state index contributed by atoms with van der Waals surface area (Å²) in [6.07, 6.45) is 1.30. The molecule has 1 N–H and O–H groups in total. The summed E-state index contributed by atoms with van der Waals surface area (Å²) in [7, 11) is -8.12. The van der Waals surface area contributed by atoms with Gasteiger partial charge in [-0.1, -0.05) is 42.0 Å². The monoisotopic (exact) mass is 418 g/mol. The van der Waals surface area contributed by atoms with E-state index in [4.69, 9.17) is 0 Å². The van der Waals surface area contributed by atoms with Crippen molar-refractivity contribution >= 4 is 26.0 Å². The van der Waals surface area contributed by atoms with E-state index < -0.39 is 37.5 Å². The van der Waals surface area contributed by atoms with Gasteiger partial charge in [0.25, 0.3) is 15.9 Å². The fourth-order valence-corrected chi connectivity index (χ4v) is 7.05. The number of rotatable bonds is 3. The Morgan fingerprint density at radius 3 is 2.46 bits per heavy atom. The first kappa shape index (κ1) is 18.9. The Morgan fingerprint density at radius 2 is 1.82 bits per heavy atom. The van der Waals surface area contributed by atoms with Crippen molar-refractivity contribution in [1.82, 2.24) is 9.03 Å². The molecule has 0 saturated carbocycles. The van der Waals surface area contributed by atoms with Crippen molar-refractivity contribution in [2.24, 2.45) is 0 Å². The Labute approximate surface area is 163 Å². The number of carbonyl (C=O) groups excluding carboxylic acids is 1. The molecule has 2 aliphatic rings. The molecule has 0 aromatic heterocycles. The highest BCUT2D eigenvalue weighted by molar-refractivity contribution is 7.90. The molecule has 2 atom stereocenters. The van der Waals surface area contributed by atoms with Gasteiger partial charge in [0, 0.05) is 12.0 Å². The highest BCUT2D eigenvalue weighted by Crippen LogP contribution is 2.46. The minimum absolute atomic E-state index is 0.0132. The third-order valence-electron chi connectivity index (χ3n) is 5.18. The molecule has 4 rings (SSSR count). The summed E-state index contributed by atoms with van der Waals surface area (Å²) in [5.41, 5.74) is -0.527. The van der Waals surface area contributed by atoms with Gasteiger partial charge in [0.2, 0.25) is 10.0 Å². The Morgan fingerprint density at radius 1 is 1.18 bits per heavy atom. The standard InChI is InChI=1S/C19H18N2O5S2/c1-3-14-12-19(16-6-4-5-7-17(16)27(23,24)20-19)18(22)21(14)28(25,26)15-10-8-13(2)9-11-15/h3-11,14,20H,1,12H2,2H3/t14-,19-/m0/s1. The van der Waals surface area contributed by atoms with E-state index >= 15 is 0 Å². The highest BCUT2D eigenvalue weighted by atomic mass is 32.2. The summed E-state index contributed by atoms with van der Waals surface area (Å²) in [5.74, 6) is -0.827. The van der Waals surface area contributed by atoms with E-state index in [2.05, 4.69) is 11.3 Å². The number of nitrogens with one attached hydrogen (secondary N) is 1. The van der Waals surface area contributed by atoms with Gasteiger partial charge < -0.3 is 0 Å². The maximum absolute atomic E-state index is 13.4. The first-order valence-electron chi connectivity index (χ1n) is 8.55. The van der Waals surface area contributed by atoms with Gasteiger partial charge in [-0.2, -0.15) is 4.72 Å². The second-order valence-electron chi connectivity index (χ2n) is 6.93. The molecule has 1 fully saturated rings. The van der Waals surface area contributed by atoms with Gasteiger partial charge in [0.15, 0.2) is 0 Å². The lowest BCUT2D eigenvalue weighted by Crippen LogP contribution is -2.48. The minimum atomic E-state index is -4.19. The minimum Gasteiger partial charge on any atom is -0.271 e. The van der Waals surface area contributed by atoms with Crippen LogP contribution in [0.4, 0.5) is 0 Å². The maximum Gasteiger partial charge on any atom is 0.267 e. The molecular formula is C19H18N2O5S2. The molecule has 2 aliphatic heterocycles. The number of aryl methyl sites for hydroxylation is 1. The van der Waals surface area contributed by atoms with E-state index in [1.807, 2.05) is 6.92 Å². The molecule has 7 nitrogen and oxygen atoms in total. The van der Waals surface area contributed by atoms with Crippen molar-refractivity contribution < 1.29 is 21.6 Å². The first-order valence-corrected chi connectivity index (χ1v) is 11.5. The van der Waals surface area contributed by atoms with Crippen molar-refractivity contribution in [2.45, 2.75) is 34.7 Å². The van der Waals surface area contributed by atoms with Crippen LogP contribution in [0.1, 0.15) is 17.5 Å². The van der Waals surface area contributed by atoms with Gasteiger partial charge in [-0.05, 0) is 25.1 Å². The SMILES string of the molecule is C=C[C@H]1C[C@@]2(NS(=O)(=O)c3ccccc32)C(=O)N1S(=O)(=O)c1ccc(C)cc1. The summed E-state index contributed by atoms with van der Waals surface area (Å²) in [6.45, 7) is 5.48. The van der Waals surface area contributed by atoms with Crippen LogP contribution in [0.2, 0.25) is 0 Å². The van der Waals surface area contributed by atoms with Crippen LogP contribution in [0, 0.1) is 6.92 Å². The van der Waals surface area contributed by atoms with Crippen LogP contribution in [0.25, 0.3) is 0 Å². The van der Waals surface area contributed by atoms with E-state index in [0.29, 0.717) is 0 Å². The molecule has 0 radical (unpaired) electrons. The molecule has 0 bridgehead atoms. The molecule has 9 heteroatoms. The van der Waals surface area contributed by atoms with Crippen LogP contribution in [0.15, 0.2) is 71.0 Å². The van der Waals surface area contributed by atoms with E-state index in [9.17, 15) is 21.6 Å². The molecule has 1 saturated heterocycles. The van der Waals surface area contributed by atoms with Crippen LogP contribution in [0.3, 0.4) is 0 Å². The molecule has 2 aromatic carbocycles. The fourth-order valence-electron chi connectivity index (χ4n) is 3.82. The number of hydrogen-bond donors (Lipinski definition) is 1. The van der Waals surface area contributed by atoms with Gasteiger partial charge in [-0.15, -0.1) is 6.58 Å². The average molecular weight is 418 g/mol. The topological polar surface area (TPSA) is 101 Å². The fraction of sp³-hybridized carbons (Fsp3) is 0.211. The van der Waals surface area contributed by atoms with E-state index in [-0.39, 0.29) is 21.8 Å². The van der Waals surface area contributed by atoms with Crippen molar-refractivity contribution in [3.05, 3.63) is 72.3 Å². The van der Waals surface area contributed by atoms with Gasteiger partial charge in [-0.3, -0.25) is 4.79 Å². The lowest BCUT2D eigenvalue weighted by Gasteiger charge is -2.24. The largest absolute Gasteiger partial charge is 0.271 e. The molecule has 2 heterocycles. The van der Waals surface area contributed by atoms with Crippen molar-refractivity contribution in [1.29, 1.82) is 0 Å². The second kappa shape index (κ2) is 6.00. The second-order valence-corrected chi connectivity index (χ2v) is 10.4. The molecule has 146 valence electrons. The average Bonchev–Trinajstić information content (AvgIpc) is 3.07. The Bertz CT molecular complexity index is 1200. The molecular weight excluding hydrogens is 400 g/mol. The number of amides is 1. The van der Waals surface area contributed by atoms with Crippen LogP contribution in [-0.4, -0.2) is 33.1 Å². The summed E-state index contributed by atoms with van der Waals surface area (Å²) in [6, 6.07) is 11.4. The molecule has 0 unspecified atom stereocenters. The predicted octanol–water partition coefficient (Wildman–Crippen LogP) is 1.66.